The van der Waals surface area contributed by atoms with E-state index in [4.69, 9.17) is 5.73 Å². The average molecular weight is 333 g/mol. The molecule has 25 heavy (non-hydrogen) atoms. The largest absolute Gasteiger partial charge is 0.368 e. The standard InChI is InChI=1S/C20H23N5/c1-12-4-3-5-17(13(12)2)19-10-15(22-20(21)23-19)8-9-16-11-18(25-24-16)14-6-7-14/h3-5,10-11,14H,6-9H2,1-2H3,(H,24,25)(H2,21,22,23). The van der Waals surface area contributed by atoms with Crippen molar-refractivity contribution in [2.24, 2.45) is 0 Å². The van der Waals surface area contributed by atoms with Gasteiger partial charge in [0.15, 0.2) is 0 Å². The Balaban J connectivity index is 1.55. The molecule has 3 aromatic rings. The number of rotatable bonds is 5. The minimum absolute atomic E-state index is 0.330. The molecule has 0 aliphatic heterocycles. The van der Waals surface area contributed by atoms with Crippen molar-refractivity contribution in [3.05, 3.63) is 58.5 Å². The Morgan fingerprint density at radius 2 is 1.96 bits per heavy atom. The summed E-state index contributed by atoms with van der Waals surface area (Å²) in [6.07, 6.45) is 4.23. The quantitative estimate of drug-likeness (QED) is 0.745. The molecule has 1 saturated carbocycles. The predicted octanol–water partition coefficient (Wildman–Crippen LogP) is 3.73. The van der Waals surface area contributed by atoms with Crippen molar-refractivity contribution in [1.29, 1.82) is 0 Å². The number of hydrogen-bond donors (Lipinski definition) is 2. The molecule has 128 valence electrons. The van der Waals surface area contributed by atoms with Crippen molar-refractivity contribution in [3.8, 4) is 11.3 Å². The molecule has 0 unspecified atom stereocenters. The summed E-state index contributed by atoms with van der Waals surface area (Å²) in [7, 11) is 0. The van der Waals surface area contributed by atoms with E-state index in [9.17, 15) is 0 Å². The highest BCUT2D eigenvalue weighted by Crippen LogP contribution is 2.39. The normalized spacial score (nSPS) is 14.0. The Labute approximate surface area is 147 Å². The maximum atomic E-state index is 5.96. The second-order valence-electron chi connectivity index (χ2n) is 6.94. The Hall–Kier alpha value is -2.69. The van der Waals surface area contributed by atoms with Crippen molar-refractivity contribution >= 4 is 5.95 Å². The molecule has 0 saturated heterocycles. The highest BCUT2D eigenvalue weighted by molar-refractivity contribution is 5.66. The molecule has 4 rings (SSSR count). The number of nitrogens with zero attached hydrogens (tertiary/aromatic N) is 3. The number of H-pyrrole nitrogens is 1. The van der Waals surface area contributed by atoms with E-state index in [1.165, 1.54) is 29.7 Å². The van der Waals surface area contributed by atoms with Crippen LogP contribution >= 0.6 is 0 Å². The van der Waals surface area contributed by atoms with Crippen molar-refractivity contribution < 1.29 is 0 Å². The smallest absolute Gasteiger partial charge is 0.220 e. The first-order valence-corrected chi connectivity index (χ1v) is 8.84. The third-order valence-electron chi connectivity index (χ3n) is 4.97. The molecule has 1 aliphatic rings. The summed E-state index contributed by atoms with van der Waals surface area (Å²) in [5.41, 5.74) is 13.8. The van der Waals surface area contributed by atoms with Crippen LogP contribution in [0, 0.1) is 13.8 Å². The van der Waals surface area contributed by atoms with Crippen molar-refractivity contribution in [3.63, 3.8) is 0 Å². The first kappa shape index (κ1) is 15.8. The van der Waals surface area contributed by atoms with Gasteiger partial charge in [-0.05, 0) is 62.8 Å². The second-order valence-corrected chi connectivity index (χ2v) is 6.94. The van der Waals surface area contributed by atoms with Crippen LogP contribution in [0.25, 0.3) is 11.3 Å². The van der Waals surface area contributed by atoms with Gasteiger partial charge in [0.1, 0.15) is 0 Å². The number of aromatic nitrogens is 4. The molecule has 3 N–H and O–H groups in total. The number of nitrogens with two attached hydrogens (primary N) is 1. The van der Waals surface area contributed by atoms with Gasteiger partial charge < -0.3 is 5.73 Å². The van der Waals surface area contributed by atoms with Gasteiger partial charge in [-0.25, -0.2) is 9.97 Å². The third kappa shape index (κ3) is 3.40. The fourth-order valence-corrected chi connectivity index (χ4v) is 3.17. The highest BCUT2D eigenvalue weighted by atomic mass is 15.1. The lowest BCUT2D eigenvalue weighted by molar-refractivity contribution is 0.857. The minimum Gasteiger partial charge on any atom is -0.368 e. The van der Waals surface area contributed by atoms with Crippen molar-refractivity contribution in [2.75, 3.05) is 5.73 Å². The summed E-state index contributed by atoms with van der Waals surface area (Å²) in [5.74, 6) is 1.01. The Morgan fingerprint density at radius 3 is 2.76 bits per heavy atom. The fraction of sp³-hybridized carbons (Fsp3) is 0.350. The minimum atomic E-state index is 0.330. The molecule has 1 fully saturated rings. The van der Waals surface area contributed by atoms with Gasteiger partial charge in [-0.15, -0.1) is 0 Å². The molecule has 0 radical (unpaired) electrons. The van der Waals surface area contributed by atoms with E-state index in [2.05, 4.69) is 64.3 Å². The summed E-state index contributed by atoms with van der Waals surface area (Å²) in [4.78, 5) is 8.86. The maximum Gasteiger partial charge on any atom is 0.220 e. The monoisotopic (exact) mass is 333 g/mol. The summed E-state index contributed by atoms with van der Waals surface area (Å²) >= 11 is 0. The molecule has 0 spiro atoms. The molecule has 2 aromatic heterocycles. The molecular formula is C20H23N5. The van der Waals surface area contributed by atoms with E-state index in [1.807, 2.05) is 0 Å². The van der Waals surface area contributed by atoms with Gasteiger partial charge in [-0.2, -0.15) is 5.10 Å². The van der Waals surface area contributed by atoms with Crippen molar-refractivity contribution in [2.45, 2.75) is 45.4 Å². The third-order valence-corrected chi connectivity index (χ3v) is 4.97. The van der Waals surface area contributed by atoms with Gasteiger partial charge in [-0.3, -0.25) is 5.10 Å². The summed E-state index contributed by atoms with van der Waals surface area (Å²) in [6, 6.07) is 10.5. The maximum absolute atomic E-state index is 5.96. The molecule has 1 aromatic carbocycles. The molecule has 1 aliphatic carbocycles. The van der Waals surface area contributed by atoms with E-state index in [-0.39, 0.29) is 0 Å². The lowest BCUT2D eigenvalue weighted by Crippen LogP contribution is -2.03. The first-order valence-electron chi connectivity index (χ1n) is 8.84. The number of aromatic amines is 1. The van der Waals surface area contributed by atoms with Crippen LogP contribution in [0.2, 0.25) is 0 Å². The topological polar surface area (TPSA) is 80.5 Å². The van der Waals surface area contributed by atoms with Gasteiger partial charge in [0.25, 0.3) is 0 Å². The second kappa shape index (κ2) is 6.31. The molecule has 5 nitrogen and oxygen atoms in total. The van der Waals surface area contributed by atoms with E-state index in [0.29, 0.717) is 11.9 Å². The molecule has 5 heteroatoms. The average Bonchev–Trinajstić information content (AvgIpc) is 3.33. The zero-order chi connectivity index (χ0) is 17.4. The van der Waals surface area contributed by atoms with Crippen molar-refractivity contribution in [1.82, 2.24) is 20.2 Å². The highest BCUT2D eigenvalue weighted by Gasteiger charge is 2.25. The van der Waals surface area contributed by atoms with Crippen LogP contribution in [0.1, 0.15) is 47.0 Å². The van der Waals surface area contributed by atoms with Crippen LogP contribution < -0.4 is 5.73 Å². The Bertz CT molecular complexity index is 908. The Kier molecular flexibility index (Phi) is 3.99. The molecule has 2 heterocycles. The fourth-order valence-electron chi connectivity index (χ4n) is 3.17. The number of benzene rings is 1. The summed E-state index contributed by atoms with van der Waals surface area (Å²) in [6.45, 7) is 4.23. The van der Waals surface area contributed by atoms with E-state index in [1.54, 1.807) is 0 Å². The Morgan fingerprint density at radius 1 is 1.12 bits per heavy atom. The number of aryl methyl sites for hydroxylation is 3. The number of nitrogens with one attached hydrogen (secondary N) is 1. The van der Waals surface area contributed by atoms with Crippen LogP contribution in [-0.4, -0.2) is 20.2 Å². The molecule has 0 bridgehead atoms. The van der Waals surface area contributed by atoms with E-state index in [0.717, 1.165) is 35.5 Å². The SMILES string of the molecule is Cc1cccc(-c2cc(CCc3cc(C4CC4)n[nH]3)nc(N)n2)c1C. The van der Waals surface area contributed by atoms with Crippen LogP contribution in [-0.2, 0) is 12.8 Å². The lowest BCUT2D eigenvalue weighted by atomic mass is 10.00. The van der Waals surface area contributed by atoms with Gasteiger partial charge in [-0.1, -0.05) is 18.2 Å². The van der Waals surface area contributed by atoms with E-state index < -0.39 is 0 Å². The molecule has 0 atom stereocenters. The van der Waals surface area contributed by atoms with Gasteiger partial charge in [0, 0.05) is 22.9 Å². The van der Waals surface area contributed by atoms with Crippen LogP contribution in [0.5, 0.6) is 0 Å². The molecule has 0 amide bonds. The zero-order valence-corrected chi connectivity index (χ0v) is 14.7. The molecular weight excluding hydrogens is 310 g/mol. The number of anilines is 1. The van der Waals surface area contributed by atoms with Gasteiger partial charge in [0.2, 0.25) is 5.95 Å². The van der Waals surface area contributed by atoms with Crippen LogP contribution in [0.3, 0.4) is 0 Å². The van der Waals surface area contributed by atoms with Crippen LogP contribution in [0.4, 0.5) is 5.95 Å². The first-order chi connectivity index (χ1) is 12.1. The van der Waals surface area contributed by atoms with Gasteiger partial charge in [0.05, 0.1) is 11.4 Å². The van der Waals surface area contributed by atoms with Crippen LogP contribution in [0.15, 0.2) is 30.3 Å². The lowest BCUT2D eigenvalue weighted by Gasteiger charge is -2.10. The zero-order valence-electron chi connectivity index (χ0n) is 14.7. The summed E-state index contributed by atoms with van der Waals surface area (Å²) < 4.78 is 0. The van der Waals surface area contributed by atoms with E-state index >= 15 is 0 Å². The summed E-state index contributed by atoms with van der Waals surface area (Å²) in [5, 5.41) is 7.56. The predicted molar refractivity (Wildman–Crippen MR) is 99.3 cm³/mol. The van der Waals surface area contributed by atoms with Gasteiger partial charge >= 0.3 is 0 Å². The number of nitrogen functional groups attached to an aromatic ring is 1. The number of hydrogen-bond acceptors (Lipinski definition) is 4.